The number of allylic oxidation sites excluding steroid dienone is 1. The first kappa shape index (κ1) is 21.7. The van der Waals surface area contributed by atoms with Gasteiger partial charge in [-0.15, -0.1) is 11.3 Å². The number of rotatable bonds is 7. The Morgan fingerprint density at radius 1 is 1.07 bits per heavy atom. The van der Waals surface area contributed by atoms with E-state index in [1.807, 2.05) is 37.3 Å². The van der Waals surface area contributed by atoms with Gasteiger partial charge >= 0.3 is 0 Å². The van der Waals surface area contributed by atoms with Crippen molar-refractivity contribution in [3.05, 3.63) is 84.5 Å². The zero-order valence-electron chi connectivity index (χ0n) is 15.7. The molecule has 0 atom stereocenters. The van der Waals surface area contributed by atoms with E-state index in [4.69, 9.17) is 44.3 Å². The minimum Gasteiger partial charge on any atom is -0.496 e. The van der Waals surface area contributed by atoms with Crippen molar-refractivity contribution in [2.24, 2.45) is 0 Å². The zero-order valence-corrected chi connectivity index (χ0v) is 18.8. The summed E-state index contributed by atoms with van der Waals surface area (Å²) in [5.74, 6) is 0.976. The Morgan fingerprint density at radius 3 is 2.41 bits per heavy atom. The summed E-state index contributed by atoms with van der Waals surface area (Å²) in [6.45, 7) is 2.16. The maximum atomic E-state index is 12.3. The molecule has 0 amide bonds. The average Bonchev–Trinajstić information content (AvgIpc) is 3.12. The second kappa shape index (κ2) is 9.68. The van der Waals surface area contributed by atoms with E-state index >= 15 is 0 Å². The molecule has 0 N–H and O–H groups in total. The van der Waals surface area contributed by atoms with Crippen LogP contribution in [-0.4, -0.2) is 12.9 Å². The number of hydrogen-bond acceptors (Lipinski definition) is 4. The Hall–Kier alpha value is -1.98. The fourth-order valence-electron chi connectivity index (χ4n) is 2.65. The van der Waals surface area contributed by atoms with E-state index in [0.29, 0.717) is 31.4 Å². The Morgan fingerprint density at radius 2 is 1.79 bits per heavy atom. The van der Waals surface area contributed by atoms with Gasteiger partial charge in [-0.3, -0.25) is 4.79 Å². The van der Waals surface area contributed by atoms with E-state index in [2.05, 4.69) is 0 Å². The van der Waals surface area contributed by atoms with E-state index in [1.54, 1.807) is 31.4 Å². The van der Waals surface area contributed by atoms with Gasteiger partial charge < -0.3 is 9.47 Å². The van der Waals surface area contributed by atoms with Gasteiger partial charge in [-0.2, -0.15) is 0 Å². The number of hydrogen-bond donors (Lipinski definition) is 0. The highest BCUT2D eigenvalue weighted by atomic mass is 35.5. The van der Waals surface area contributed by atoms with Crippen molar-refractivity contribution in [1.82, 2.24) is 0 Å². The van der Waals surface area contributed by atoms with Crippen molar-refractivity contribution >= 4 is 58.0 Å². The van der Waals surface area contributed by atoms with Gasteiger partial charge in [0, 0.05) is 15.5 Å². The molecule has 150 valence electrons. The van der Waals surface area contributed by atoms with E-state index in [-0.39, 0.29) is 12.4 Å². The SMILES string of the molecule is COc1ccc(/C=C/C(=O)c2ccc(C)s2)cc1COc1c(Cl)cc(Cl)cc1Cl. The first-order valence-electron chi connectivity index (χ1n) is 8.60. The number of methoxy groups -OCH3 is 1. The van der Waals surface area contributed by atoms with Crippen LogP contribution in [0.4, 0.5) is 0 Å². The summed E-state index contributed by atoms with van der Waals surface area (Å²) in [7, 11) is 1.58. The molecule has 0 aliphatic rings. The van der Waals surface area contributed by atoms with Crippen molar-refractivity contribution in [2.75, 3.05) is 7.11 Å². The lowest BCUT2D eigenvalue weighted by Gasteiger charge is -2.13. The Balaban J connectivity index is 1.78. The second-order valence-corrected chi connectivity index (χ2v) is 8.71. The van der Waals surface area contributed by atoms with Crippen LogP contribution in [0.5, 0.6) is 11.5 Å². The molecule has 1 aromatic heterocycles. The molecule has 0 bridgehead atoms. The monoisotopic (exact) mass is 466 g/mol. The molecule has 29 heavy (non-hydrogen) atoms. The van der Waals surface area contributed by atoms with Crippen LogP contribution in [0.3, 0.4) is 0 Å². The lowest BCUT2D eigenvalue weighted by Crippen LogP contribution is -2.00. The number of ketones is 1. The molecule has 7 heteroatoms. The minimum absolute atomic E-state index is 0.0311. The van der Waals surface area contributed by atoms with Crippen molar-refractivity contribution < 1.29 is 14.3 Å². The number of aryl methyl sites for hydroxylation is 1. The van der Waals surface area contributed by atoms with E-state index in [1.165, 1.54) is 11.3 Å². The van der Waals surface area contributed by atoms with Crippen LogP contribution < -0.4 is 9.47 Å². The summed E-state index contributed by atoms with van der Waals surface area (Å²) in [6.07, 6.45) is 3.33. The quantitative estimate of drug-likeness (QED) is 0.266. The first-order valence-corrected chi connectivity index (χ1v) is 10.6. The third-order valence-corrected chi connectivity index (χ3v) is 5.84. The molecular weight excluding hydrogens is 451 g/mol. The summed E-state index contributed by atoms with van der Waals surface area (Å²) in [5, 5.41) is 1.09. The van der Waals surface area contributed by atoms with Gasteiger partial charge in [-0.25, -0.2) is 0 Å². The average molecular weight is 468 g/mol. The zero-order chi connectivity index (χ0) is 21.0. The Labute approximate surface area is 188 Å². The summed E-state index contributed by atoms with van der Waals surface area (Å²) in [5.41, 5.74) is 1.63. The number of carbonyl (C=O) groups excluding carboxylic acids is 1. The smallest absolute Gasteiger partial charge is 0.195 e. The summed E-state index contributed by atoms with van der Waals surface area (Å²) in [6, 6.07) is 12.5. The highest BCUT2D eigenvalue weighted by molar-refractivity contribution is 7.14. The molecule has 3 rings (SSSR count). The predicted molar refractivity (Wildman–Crippen MR) is 121 cm³/mol. The number of halogens is 3. The predicted octanol–water partition coefficient (Wildman–Crippen LogP) is 7.50. The number of benzene rings is 2. The molecule has 0 unspecified atom stereocenters. The maximum absolute atomic E-state index is 12.3. The molecule has 3 aromatic rings. The molecule has 3 nitrogen and oxygen atoms in total. The molecule has 2 aromatic carbocycles. The van der Waals surface area contributed by atoms with Crippen LogP contribution in [0.25, 0.3) is 6.08 Å². The van der Waals surface area contributed by atoms with Gasteiger partial charge in [-0.05, 0) is 55.0 Å². The Kier molecular flexibility index (Phi) is 7.25. The van der Waals surface area contributed by atoms with Crippen molar-refractivity contribution in [3.63, 3.8) is 0 Å². The fraction of sp³-hybridized carbons (Fsp3) is 0.136. The van der Waals surface area contributed by atoms with Gasteiger partial charge in [0.1, 0.15) is 12.4 Å². The van der Waals surface area contributed by atoms with Crippen LogP contribution in [-0.2, 0) is 6.61 Å². The van der Waals surface area contributed by atoms with Crippen LogP contribution in [0.1, 0.15) is 25.7 Å². The molecular formula is C22H17Cl3O3S. The fourth-order valence-corrected chi connectivity index (χ4v) is 4.37. The number of ether oxygens (including phenoxy) is 2. The lowest BCUT2D eigenvalue weighted by molar-refractivity contribution is 0.105. The van der Waals surface area contributed by atoms with Crippen LogP contribution in [0.15, 0.2) is 48.5 Å². The Bertz CT molecular complexity index is 1050. The molecule has 0 saturated heterocycles. The van der Waals surface area contributed by atoms with Gasteiger partial charge in [-0.1, -0.05) is 46.9 Å². The third-order valence-electron chi connectivity index (χ3n) is 4.05. The van der Waals surface area contributed by atoms with Crippen LogP contribution in [0, 0.1) is 6.92 Å². The van der Waals surface area contributed by atoms with Gasteiger partial charge in [0.05, 0.1) is 22.0 Å². The van der Waals surface area contributed by atoms with Gasteiger partial charge in [0.15, 0.2) is 11.5 Å². The van der Waals surface area contributed by atoms with Crippen LogP contribution >= 0.6 is 46.1 Å². The standard InChI is InChI=1S/C22H17Cl3O3S/c1-13-3-8-21(29-13)19(26)6-4-14-5-7-20(27-2)15(9-14)12-28-22-17(24)10-16(23)11-18(22)25/h3-11H,12H2,1-2H3/b6-4+. The minimum atomic E-state index is -0.0311. The molecule has 0 spiro atoms. The van der Waals surface area contributed by atoms with Crippen molar-refractivity contribution in [2.45, 2.75) is 13.5 Å². The van der Waals surface area contributed by atoms with E-state index < -0.39 is 0 Å². The molecule has 0 fully saturated rings. The molecule has 0 aliphatic heterocycles. The third kappa shape index (κ3) is 5.55. The van der Waals surface area contributed by atoms with Gasteiger partial charge in [0.25, 0.3) is 0 Å². The summed E-state index contributed by atoms with van der Waals surface area (Å²) < 4.78 is 11.2. The van der Waals surface area contributed by atoms with Crippen molar-refractivity contribution in [3.8, 4) is 11.5 Å². The number of carbonyl (C=O) groups is 1. The molecule has 1 heterocycles. The second-order valence-electron chi connectivity index (χ2n) is 6.17. The lowest BCUT2D eigenvalue weighted by atomic mass is 10.1. The summed E-state index contributed by atoms with van der Waals surface area (Å²) >= 11 is 19.8. The van der Waals surface area contributed by atoms with E-state index in [9.17, 15) is 4.79 Å². The maximum Gasteiger partial charge on any atom is 0.195 e. The highest BCUT2D eigenvalue weighted by Crippen LogP contribution is 2.36. The van der Waals surface area contributed by atoms with Crippen molar-refractivity contribution in [1.29, 1.82) is 0 Å². The molecule has 0 radical (unpaired) electrons. The van der Waals surface area contributed by atoms with E-state index in [0.717, 1.165) is 16.0 Å². The topological polar surface area (TPSA) is 35.5 Å². The highest BCUT2D eigenvalue weighted by Gasteiger charge is 2.12. The number of thiophene rings is 1. The van der Waals surface area contributed by atoms with Gasteiger partial charge in [0.2, 0.25) is 0 Å². The first-order chi connectivity index (χ1) is 13.9. The summed E-state index contributed by atoms with van der Waals surface area (Å²) in [4.78, 5) is 14.1. The van der Waals surface area contributed by atoms with Crippen LogP contribution in [0.2, 0.25) is 15.1 Å². The normalized spacial score (nSPS) is 11.1. The molecule has 0 aliphatic carbocycles. The molecule has 0 saturated carbocycles. The largest absolute Gasteiger partial charge is 0.496 e.